The number of carbonyl (C=O) groups excluding carboxylic acids is 2. The van der Waals surface area contributed by atoms with Crippen molar-refractivity contribution in [3.05, 3.63) is 34.4 Å². The number of rotatable bonds is 8. The third-order valence-corrected chi connectivity index (χ3v) is 6.06. The van der Waals surface area contributed by atoms with E-state index in [0.29, 0.717) is 25.9 Å². The van der Waals surface area contributed by atoms with Crippen LogP contribution in [0, 0.1) is 16.0 Å². The highest BCUT2D eigenvalue weighted by Gasteiger charge is 2.28. The molecule has 1 aromatic carbocycles. The zero-order valence-electron chi connectivity index (χ0n) is 16.4. The van der Waals surface area contributed by atoms with Gasteiger partial charge in [-0.3, -0.25) is 24.0 Å². The fourth-order valence-corrected chi connectivity index (χ4v) is 4.27. The summed E-state index contributed by atoms with van der Waals surface area (Å²) in [6.45, 7) is 0.947. The first-order chi connectivity index (χ1) is 13.6. The monoisotopic (exact) mass is 427 g/mol. The number of piperidine rings is 1. The summed E-state index contributed by atoms with van der Waals surface area (Å²) < 4.78 is 30.1. The second-order valence-corrected chi connectivity index (χ2v) is 8.80. The van der Waals surface area contributed by atoms with Crippen molar-refractivity contribution in [1.82, 2.24) is 4.90 Å². The Kier molecular flexibility index (Phi) is 7.54. The number of nitrogens with zero attached hydrogens (tertiary/aromatic N) is 3. The van der Waals surface area contributed by atoms with Crippen LogP contribution in [-0.2, 0) is 24.3 Å². The van der Waals surface area contributed by atoms with E-state index in [1.807, 2.05) is 0 Å². The Morgan fingerprint density at radius 2 is 1.97 bits per heavy atom. The molecule has 0 saturated carbocycles. The Balaban J connectivity index is 1.94. The van der Waals surface area contributed by atoms with Gasteiger partial charge in [-0.2, -0.15) is 0 Å². The van der Waals surface area contributed by atoms with E-state index in [9.17, 15) is 28.1 Å². The SMILES string of the molecule is COC(=O)C1CCN(C(=O)CCCN(c2cccc([N+](=O)[O-])c2)S(C)(=O)=O)CC1. The third kappa shape index (κ3) is 6.14. The minimum absolute atomic E-state index is 0.0321. The first kappa shape index (κ1) is 22.6. The zero-order chi connectivity index (χ0) is 21.6. The standard InChI is InChI=1S/C18H25N3O7S/c1-28-18(23)14-8-11-19(12-9-14)17(22)7-4-10-20(29(2,26)27)15-5-3-6-16(13-15)21(24)25/h3,5-6,13-14H,4,7-12H2,1-2H3. The average Bonchev–Trinajstić information content (AvgIpc) is 2.69. The van der Waals surface area contributed by atoms with Crippen LogP contribution < -0.4 is 4.31 Å². The van der Waals surface area contributed by atoms with E-state index in [1.54, 1.807) is 4.90 Å². The first-order valence-corrected chi connectivity index (χ1v) is 11.1. The molecular weight excluding hydrogens is 402 g/mol. The Bertz CT molecular complexity index is 864. The fourth-order valence-electron chi connectivity index (χ4n) is 3.31. The Hall–Kier alpha value is -2.69. The second kappa shape index (κ2) is 9.68. The largest absolute Gasteiger partial charge is 0.469 e. The molecule has 160 valence electrons. The molecule has 0 aliphatic carbocycles. The molecule has 0 atom stereocenters. The molecule has 0 bridgehead atoms. The molecule has 0 unspecified atom stereocenters. The fraction of sp³-hybridized carbons (Fsp3) is 0.556. The van der Waals surface area contributed by atoms with Gasteiger partial charge in [-0.15, -0.1) is 0 Å². The number of esters is 1. The third-order valence-electron chi connectivity index (χ3n) is 4.86. The van der Waals surface area contributed by atoms with Crippen LogP contribution in [0.3, 0.4) is 0 Å². The van der Waals surface area contributed by atoms with Crippen molar-refractivity contribution >= 4 is 33.3 Å². The van der Waals surface area contributed by atoms with Gasteiger partial charge >= 0.3 is 5.97 Å². The number of anilines is 1. The summed E-state index contributed by atoms with van der Waals surface area (Å²) in [6, 6.07) is 5.38. The molecule has 2 rings (SSSR count). The number of hydrogen-bond donors (Lipinski definition) is 0. The van der Waals surface area contributed by atoms with E-state index in [2.05, 4.69) is 0 Å². The smallest absolute Gasteiger partial charge is 0.308 e. The molecule has 1 fully saturated rings. The van der Waals surface area contributed by atoms with Gasteiger partial charge in [-0.25, -0.2) is 8.42 Å². The summed E-state index contributed by atoms with van der Waals surface area (Å²) in [5.74, 6) is -0.572. The quantitative estimate of drug-likeness (QED) is 0.350. The molecule has 0 N–H and O–H groups in total. The second-order valence-electron chi connectivity index (χ2n) is 6.89. The number of benzene rings is 1. The van der Waals surface area contributed by atoms with Gasteiger partial charge in [-0.1, -0.05) is 6.07 Å². The highest BCUT2D eigenvalue weighted by atomic mass is 32.2. The van der Waals surface area contributed by atoms with Crippen molar-refractivity contribution in [3.63, 3.8) is 0 Å². The van der Waals surface area contributed by atoms with Gasteiger partial charge < -0.3 is 9.64 Å². The maximum atomic E-state index is 12.4. The van der Waals surface area contributed by atoms with E-state index in [4.69, 9.17) is 4.74 Å². The van der Waals surface area contributed by atoms with Gasteiger partial charge in [0.1, 0.15) is 0 Å². The molecule has 1 saturated heterocycles. The number of amides is 1. The van der Waals surface area contributed by atoms with Crippen LogP contribution in [0.25, 0.3) is 0 Å². The average molecular weight is 427 g/mol. The van der Waals surface area contributed by atoms with Gasteiger partial charge in [0.05, 0.1) is 29.9 Å². The van der Waals surface area contributed by atoms with Gasteiger partial charge in [-0.05, 0) is 25.3 Å². The van der Waals surface area contributed by atoms with Gasteiger partial charge in [0.15, 0.2) is 0 Å². The van der Waals surface area contributed by atoms with Crippen LogP contribution in [0.2, 0.25) is 0 Å². The van der Waals surface area contributed by atoms with E-state index in [0.717, 1.165) is 10.6 Å². The van der Waals surface area contributed by atoms with Crippen molar-refractivity contribution in [3.8, 4) is 0 Å². The summed E-state index contributed by atoms with van der Waals surface area (Å²) in [5.41, 5.74) is -0.0197. The lowest BCUT2D eigenvalue weighted by molar-refractivity contribution is -0.384. The van der Waals surface area contributed by atoms with Crippen molar-refractivity contribution in [1.29, 1.82) is 0 Å². The number of carbonyl (C=O) groups is 2. The molecule has 0 spiro atoms. The number of ether oxygens (including phenoxy) is 1. The van der Waals surface area contributed by atoms with Crippen LogP contribution in [-0.4, -0.2) is 63.1 Å². The van der Waals surface area contributed by atoms with Crippen LogP contribution in [0.5, 0.6) is 0 Å². The number of methoxy groups -OCH3 is 1. The van der Waals surface area contributed by atoms with E-state index in [-0.39, 0.29) is 48.6 Å². The van der Waals surface area contributed by atoms with Crippen LogP contribution in [0.1, 0.15) is 25.7 Å². The highest BCUT2D eigenvalue weighted by Crippen LogP contribution is 2.24. The first-order valence-electron chi connectivity index (χ1n) is 9.21. The summed E-state index contributed by atoms with van der Waals surface area (Å²) >= 11 is 0. The molecule has 11 heteroatoms. The van der Waals surface area contributed by atoms with Crippen LogP contribution in [0.15, 0.2) is 24.3 Å². The number of nitro benzene ring substituents is 1. The van der Waals surface area contributed by atoms with Crippen LogP contribution in [0.4, 0.5) is 11.4 Å². The Morgan fingerprint density at radius 3 is 2.52 bits per heavy atom. The van der Waals surface area contributed by atoms with Crippen molar-refractivity contribution in [2.24, 2.45) is 5.92 Å². The molecule has 29 heavy (non-hydrogen) atoms. The summed E-state index contributed by atoms with van der Waals surface area (Å²) in [5, 5.41) is 10.9. The number of non-ortho nitro benzene ring substituents is 1. The Morgan fingerprint density at radius 1 is 1.31 bits per heavy atom. The predicted octanol–water partition coefficient (Wildman–Crippen LogP) is 1.55. The van der Waals surface area contributed by atoms with Crippen molar-refractivity contribution < 1.29 is 27.7 Å². The molecule has 1 aliphatic heterocycles. The normalized spacial score (nSPS) is 15.0. The Labute approximate surface area is 169 Å². The molecule has 1 aromatic rings. The summed E-state index contributed by atoms with van der Waals surface area (Å²) in [7, 11) is -2.33. The van der Waals surface area contributed by atoms with Gasteiger partial charge in [0.25, 0.3) is 5.69 Å². The predicted molar refractivity (Wildman–Crippen MR) is 106 cm³/mol. The molecule has 1 amide bonds. The van der Waals surface area contributed by atoms with Gasteiger partial charge in [0, 0.05) is 38.2 Å². The molecule has 1 aliphatic rings. The van der Waals surface area contributed by atoms with Crippen molar-refractivity contribution in [2.75, 3.05) is 37.3 Å². The highest BCUT2D eigenvalue weighted by molar-refractivity contribution is 7.92. The lowest BCUT2D eigenvalue weighted by Crippen LogP contribution is -2.40. The van der Waals surface area contributed by atoms with Crippen LogP contribution >= 0.6 is 0 Å². The minimum Gasteiger partial charge on any atom is -0.469 e. The number of likely N-dealkylation sites (tertiary alicyclic amines) is 1. The van der Waals surface area contributed by atoms with E-state index in [1.165, 1.54) is 31.4 Å². The molecule has 0 radical (unpaired) electrons. The molecule has 10 nitrogen and oxygen atoms in total. The lowest BCUT2D eigenvalue weighted by atomic mass is 9.97. The van der Waals surface area contributed by atoms with Crippen molar-refractivity contribution in [2.45, 2.75) is 25.7 Å². The maximum Gasteiger partial charge on any atom is 0.308 e. The molecule has 1 heterocycles. The maximum absolute atomic E-state index is 12.4. The number of sulfonamides is 1. The molecule has 0 aromatic heterocycles. The number of hydrogen-bond acceptors (Lipinski definition) is 7. The topological polar surface area (TPSA) is 127 Å². The summed E-state index contributed by atoms with van der Waals surface area (Å²) in [4.78, 5) is 36.0. The molecular formula is C18H25N3O7S. The number of nitro groups is 1. The summed E-state index contributed by atoms with van der Waals surface area (Å²) in [6.07, 6.45) is 2.52. The minimum atomic E-state index is -3.67. The van der Waals surface area contributed by atoms with Gasteiger partial charge in [0.2, 0.25) is 15.9 Å². The lowest BCUT2D eigenvalue weighted by Gasteiger charge is -2.31. The van der Waals surface area contributed by atoms with E-state index >= 15 is 0 Å². The zero-order valence-corrected chi connectivity index (χ0v) is 17.3. The van der Waals surface area contributed by atoms with E-state index < -0.39 is 14.9 Å².